The van der Waals surface area contributed by atoms with Crippen molar-refractivity contribution >= 4 is 22.9 Å². The summed E-state index contributed by atoms with van der Waals surface area (Å²) in [4.78, 5) is 1.95. The van der Waals surface area contributed by atoms with Crippen molar-refractivity contribution < 1.29 is 8.78 Å². The van der Waals surface area contributed by atoms with Gasteiger partial charge in [0.15, 0.2) is 11.6 Å². The molecule has 1 aromatic rings. The van der Waals surface area contributed by atoms with E-state index in [4.69, 9.17) is 5.73 Å². The van der Waals surface area contributed by atoms with Gasteiger partial charge in [-0.3, -0.25) is 0 Å². The van der Waals surface area contributed by atoms with Crippen LogP contribution in [0.3, 0.4) is 0 Å². The number of nitrogens with two attached hydrogens (primary N) is 1. The Hall–Kier alpha value is -1.27. The fraction of sp³-hybridized carbons (Fsp3) is 0.462. The van der Waals surface area contributed by atoms with Gasteiger partial charge in [-0.25, -0.2) is 8.78 Å². The first-order valence-electron chi connectivity index (χ1n) is 6.06. The minimum atomic E-state index is -1.00. The van der Waals surface area contributed by atoms with Crippen molar-refractivity contribution in [2.24, 2.45) is 5.73 Å². The standard InChI is InChI=1S/C13H19F2N3S/c1-8(2)18(3)7-6-17-10-5-4-9(13(16)19)11(14)12(10)15/h4-5,8,17H,6-7H2,1-3H3,(H2,16,19). The average Bonchev–Trinajstić information content (AvgIpc) is 2.33. The molecule has 0 amide bonds. The second kappa shape index (κ2) is 6.77. The van der Waals surface area contributed by atoms with Crippen molar-refractivity contribution in [1.82, 2.24) is 4.90 Å². The van der Waals surface area contributed by atoms with Gasteiger partial charge in [-0.1, -0.05) is 12.2 Å². The first-order valence-corrected chi connectivity index (χ1v) is 6.47. The molecule has 3 nitrogen and oxygen atoms in total. The van der Waals surface area contributed by atoms with Crippen LogP contribution in [0.5, 0.6) is 0 Å². The van der Waals surface area contributed by atoms with Gasteiger partial charge in [0.05, 0.1) is 5.69 Å². The highest BCUT2D eigenvalue weighted by molar-refractivity contribution is 7.80. The lowest BCUT2D eigenvalue weighted by Crippen LogP contribution is -2.31. The van der Waals surface area contributed by atoms with Crippen molar-refractivity contribution in [2.45, 2.75) is 19.9 Å². The summed E-state index contributed by atoms with van der Waals surface area (Å²) in [6.07, 6.45) is 0. The van der Waals surface area contributed by atoms with Crippen LogP contribution in [-0.2, 0) is 0 Å². The van der Waals surface area contributed by atoms with Crippen LogP contribution in [0.15, 0.2) is 12.1 Å². The predicted molar refractivity (Wildman–Crippen MR) is 78.5 cm³/mol. The van der Waals surface area contributed by atoms with Gasteiger partial charge in [-0.2, -0.15) is 0 Å². The van der Waals surface area contributed by atoms with E-state index in [9.17, 15) is 8.78 Å². The summed E-state index contributed by atoms with van der Waals surface area (Å²) in [5.74, 6) is -1.95. The van der Waals surface area contributed by atoms with Crippen LogP contribution in [0.2, 0.25) is 0 Å². The average molecular weight is 287 g/mol. The third kappa shape index (κ3) is 4.11. The Morgan fingerprint density at radius 2 is 2.00 bits per heavy atom. The molecule has 0 aliphatic carbocycles. The molecule has 0 saturated carbocycles. The molecule has 0 radical (unpaired) electrons. The smallest absolute Gasteiger partial charge is 0.182 e. The number of likely N-dealkylation sites (N-methyl/N-ethyl adjacent to an activating group) is 1. The summed E-state index contributed by atoms with van der Waals surface area (Å²) >= 11 is 4.65. The van der Waals surface area contributed by atoms with Crippen LogP contribution in [0.4, 0.5) is 14.5 Å². The monoisotopic (exact) mass is 287 g/mol. The molecule has 0 atom stereocenters. The number of hydrogen-bond donors (Lipinski definition) is 2. The number of benzene rings is 1. The Balaban J connectivity index is 2.70. The molecule has 0 bridgehead atoms. The van der Waals surface area contributed by atoms with Crippen molar-refractivity contribution in [1.29, 1.82) is 0 Å². The van der Waals surface area contributed by atoms with Gasteiger partial charge in [0.2, 0.25) is 0 Å². The lowest BCUT2D eigenvalue weighted by atomic mass is 10.2. The highest BCUT2D eigenvalue weighted by Crippen LogP contribution is 2.20. The first kappa shape index (κ1) is 15.8. The minimum absolute atomic E-state index is 0.0719. The minimum Gasteiger partial charge on any atom is -0.389 e. The first-order chi connectivity index (χ1) is 8.84. The molecule has 0 aliphatic rings. The second-order valence-electron chi connectivity index (χ2n) is 4.65. The summed E-state index contributed by atoms with van der Waals surface area (Å²) in [6.45, 7) is 5.39. The van der Waals surface area contributed by atoms with E-state index in [1.54, 1.807) is 0 Å². The molecule has 0 aromatic heterocycles. The number of hydrogen-bond acceptors (Lipinski definition) is 3. The lowest BCUT2D eigenvalue weighted by molar-refractivity contribution is 0.284. The molecule has 1 rings (SSSR count). The number of nitrogens with one attached hydrogen (secondary N) is 1. The fourth-order valence-corrected chi connectivity index (χ4v) is 1.66. The van der Waals surface area contributed by atoms with Gasteiger partial charge in [0.1, 0.15) is 4.99 Å². The Kier molecular flexibility index (Phi) is 5.62. The molecule has 19 heavy (non-hydrogen) atoms. The third-order valence-electron chi connectivity index (χ3n) is 3.01. The summed E-state index contributed by atoms with van der Waals surface area (Å²) < 4.78 is 27.4. The zero-order valence-electron chi connectivity index (χ0n) is 11.3. The molecular formula is C13H19F2N3S. The van der Waals surface area contributed by atoms with E-state index in [1.807, 2.05) is 7.05 Å². The SMILES string of the molecule is CC(C)N(C)CCNc1ccc(C(N)=S)c(F)c1F. The summed E-state index contributed by atoms with van der Waals surface area (Å²) in [6, 6.07) is 3.23. The topological polar surface area (TPSA) is 41.3 Å². The lowest BCUT2D eigenvalue weighted by Gasteiger charge is -2.21. The van der Waals surface area contributed by atoms with Gasteiger partial charge >= 0.3 is 0 Å². The molecule has 3 N–H and O–H groups in total. The highest BCUT2D eigenvalue weighted by atomic mass is 32.1. The summed E-state index contributed by atoms with van der Waals surface area (Å²) in [5, 5.41) is 2.86. The van der Waals surface area contributed by atoms with E-state index < -0.39 is 11.6 Å². The van der Waals surface area contributed by atoms with Crippen molar-refractivity contribution in [3.8, 4) is 0 Å². The van der Waals surface area contributed by atoms with Gasteiger partial charge < -0.3 is 16.0 Å². The molecule has 0 heterocycles. The number of rotatable bonds is 6. The maximum absolute atomic E-state index is 13.7. The van der Waals surface area contributed by atoms with E-state index in [0.717, 1.165) is 6.54 Å². The van der Waals surface area contributed by atoms with Gasteiger partial charge in [-0.05, 0) is 33.0 Å². The predicted octanol–water partition coefficient (Wildman–Crippen LogP) is 2.35. The number of halogens is 2. The molecule has 0 spiro atoms. The van der Waals surface area contributed by atoms with Crippen molar-refractivity contribution in [3.05, 3.63) is 29.3 Å². The third-order valence-corrected chi connectivity index (χ3v) is 3.23. The van der Waals surface area contributed by atoms with E-state index in [-0.39, 0.29) is 16.2 Å². The Bertz CT molecular complexity index is 463. The zero-order chi connectivity index (χ0) is 14.6. The fourth-order valence-electron chi connectivity index (χ4n) is 1.50. The molecule has 6 heteroatoms. The van der Waals surface area contributed by atoms with E-state index in [1.165, 1.54) is 12.1 Å². The molecule has 0 saturated heterocycles. The normalized spacial score (nSPS) is 11.1. The second-order valence-corrected chi connectivity index (χ2v) is 5.09. The van der Waals surface area contributed by atoms with Crippen LogP contribution >= 0.6 is 12.2 Å². The summed E-state index contributed by atoms with van der Waals surface area (Å²) in [5.41, 5.74) is 5.35. The Labute approximate surface area is 117 Å². The van der Waals surface area contributed by atoms with Crippen LogP contribution in [-0.4, -0.2) is 36.1 Å². The molecule has 0 fully saturated rings. The largest absolute Gasteiger partial charge is 0.389 e. The highest BCUT2D eigenvalue weighted by Gasteiger charge is 2.14. The number of anilines is 1. The molecule has 1 aromatic carbocycles. The number of nitrogens with zero attached hydrogens (tertiary/aromatic N) is 1. The molecule has 106 valence electrons. The maximum atomic E-state index is 13.7. The van der Waals surface area contributed by atoms with E-state index in [0.29, 0.717) is 12.6 Å². The van der Waals surface area contributed by atoms with Crippen LogP contribution in [0.25, 0.3) is 0 Å². The van der Waals surface area contributed by atoms with E-state index in [2.05, 4.69) is 36.3 Å². The number of thiocarbonyl (C=S) groups is 1. The maximum Gasteiger partial charge on any atom is 0.182 e. The van der Waals surface area contributed by atoms with Gasteiger partial charge in [0.25, 0.3) is 0 Å². The molecular weight excluding hydrogens is 268 g/mol. The summed E-state index contributed by atoms with van der Waals surface area (Å²) in [7, 11) is 1.97. The van der Waals surface area contributed by atoms with Gasteiger partial charge in [-0.15, -0.1) is 0 Å². The van der Waals surface area contributed by atoms with E-state index >= 15 is 0 Å². The van der Waals surface area contributed by atoms with Crippen molar-refractivity contribution in [3.63, 3.8) is 0 Å². The molecule has 0 aliphatic heterocycles. The van der Waals surface area contributed by atoms with Crippen molar-refractivity contribution in [2.75, 3.05) is 25.5 Å². The molecule has 0 unspecified atom stereocenters. The zero-order valence-corrected chi connectivity index (χ0v) is 12.2. The Morgan fingerprint density at radius 1 is 1.37 bits per heavy atom. The van der Waals surface area contributed by atoms with Gasteiger partial charge in [0, 0.05) is 24.7 Å². The van der Waals surface area contributed by atoms with Crippen LogP contribution in [0.1, 0.15) is 19.4 Å². The van der Waals surface area contributed by atoms with Crippen LogP contribution in [0, 0.1) is 11.6 Å². The quantitative estimate of drug-likeness (QED) is 0.788. The Morgan fingerprint density at radius 3 is 2.53 bits per heavy atom. The van der Waals surface area contributed by atoms with Crippen LogP contribution < -0.4 is 11.1 Å².